The van der Waals surface area contributed by atoms with Gasteiger partial charge < -0.3 is 5.73 Å². The van der Waals surface area contributed by atoms with Gasteiger partial charge in [0.1, 0.15) is 5.82 Å². The Morgan fingerprint density at radius 1 is 0.660 bits per heavy atom. The molecule has 5 rings (SSSR count). The Hall–Kier alpha value is -1.92. The van der Waals surface area contributed by atoms with E-state index in [0.29, 0.717) is 18.7 Å². The molecular weight excluding hydrogens is 706 g/mol. The second kappa shape index (κ2) is 14.5. The third kappa shape index (κ3) is 8.32. The first kappa shape index (κ1) is 39.3. The summed E-state index contributed by atoms with van der Waals surface area (Å²) in [5.74, 6) is -7.77. The van der Waals surface area contributed by atoms with Crippen molar-refractivity contribution in [2.45, 2.75) is 101 Å². The van der Waals surface area contributed by atoms with Crippen molar-refractivity contribution in [1.29, 1.82) is 0 Å². The van der Waals surface area contributed by atoms with Crippen molar-refractivity contribution < 1.29 is 43.6 Å². The number of carbonyl (C=O) groups excluding carboxylic acids is 1. The van der Waals surface area contributed by atoms with Crippen LogP contribution in [0.3, 0.4) is 0 Å². The van der Waals surface area contributed by atoms with Gasteiger partial charge in [0.25, 0.3) is 5.91 Å². The molecule has 2 saturated carbocycles. The molecule has 10 nitrogen and oxygen atoms in total. The van der Waals surface area contributed by atoms with Gasteiger partial charge in [-0.2, -0.15) is 8.61 Å². The SMILES string of the molecule is CCS(=O)(=O)N1CCN(C2(Cc3cc(F)c(C(N)=O)c(CC4(N5CCN(S(=O)(=O)CC)CC5)CCC(F)(F)CC4)c3)CCC(F)(F)CC2)CC1. The first-order valence-electron chi connectivity index (χ1n) is 17.6. The molecule has 1 aromatic carbocycles. The first-order chi connectivity index (χ1) is 23.3. The molecule has 2 heterocycles. The van der Waals surface area contributed by atoms with Gasteiger partial charge >= 0.3 is 0 Å². The number of nitrogens with two attached hydrogens (primary N) is 1. The van der Waals surface area contributed by atoms with Crippen molar-refractivity contribution in [3.8, 4) is 0 Å². The number of sulfonamides is 2. The quantitative estimate of drug-likeness (QED) is 0.341. The molecule has 1 aromatic rings. The van der Waals surface area contributed by atoms with Gasteiger partial charge in [0.15, 0.2) is 0 Å². The zero-order valence-corrected chi connectivity index (χ0v) is 30.5. The zero-order valence-electron chi connectivity index (χ0n) is 28.9. The molecule has 0 spiro atoms. The van der Waals surface area contributed by atoms with Crippen LogP contribution in [0.1, 0.15) is 86.7 Å². The lowest BCUT2D eigenvalue weighted by Crippen LogP contribution is -2.61. The molecule has 0 bridgehead atoms. The minimum Gasteiger partial charge on any atom is -0.365 e. The Labute approximate surface area is 292 Å². The minimum absolute atomic E-state index is 0.0191. The van der Waals surface area contributed by atoms with Gasteiger partial charge in [-0.15, -0.1) is 0 Å². The van der Waals surface area contributed by atoms with Crippen LogP contribution in [-0.2, 0) is 32.9 Å². The molecule has 2 aliphatic carbocycles. The number of benzene rings is 1. The number of halogens is 5. The Morgan fingerprint density at radius 2 is 1.04 bits per heavy atom. The van der Waals surface area contributed by atoms with Crippen LogP contribution in [0.25, 0.3) is 0 Å². The van der Waals surface area contributed by atoms with Gasteiger partial charge in [-0.1, -0.05) is 6.07 Å². The predicted octanol–water partition coefficient (Wildman–Crippen LogP) is 3.84. The van der Waals surface area contributed by atoms with Gasteiger partial charge in [-0.25, -0.2) is 38.8 Å². The number of hydrogen-bond donors (Lipinski definition) is 1. The molecule has 0 radical (unpaired) electrons. The molecule has 0 unspecified atom stereocenters. The zero-order chi connectivity index (χ0) is 36.8. The fourth-order valence-electron chi connectivity index (χ4n) is 8.60. The fourth-order valence-corrected chi connectivity index (χ4v) is 10.8. The van der Waals surface area contributed by atoms with Gasteiger partial charge in [0.2, 0.25) is 31.9 Å². The fraction of sp³-hybridized carbons (Fsp3) is 0.788. The smallest absolute Gasteiger partial charge is 0.251 e. The van der Waals surface area contributed by atoms with Crippen molar-refractivity contribution in [3.63, 3.8) is 0 Å². The van der Waals surface area contributed by atoms with Crippen LogP contribution in [0.4, 0.5) is 22.0 Å². The molecule has 1 amide bonds. The second-order valence-electron chi connectivity index (χ2n) is 14.6. The highest BCUT2D eigenvalue weighted by atomic mass is 32.2. The van der Waals surface area contributed by atoms with Crippen molar-refractivity contribution >= 4 is 26.0 Å². The van der Waals surface area contributed by atoms with E-state index < -0.39 is 67.5 Å². The summed E-state index contributed by atoms with van der Waals surface area (Å²) in [6.45, 7) is 5.05. The van der Waals surface area contributed by atoms with Crippen molar-refractivity contribution in [3.05, 3.63) is 34.6 Å². The molecule has 2 aliphatic heterocycles. The van der Waals surface area contributed by atoms with Crippen LogP contribution in [0.2, 0.25) is 0 Å². The molecule has 17 heteroatoms. The number of alkyl halides is 4. The maximum Gasteiger partial charge on any atom is 0.251 e. The van der Waals surface area contributed by atoms with E-state index in [2.05, 4.69) is 0 Å². The van der Waals surface area contributed by atoms with E-state index in [-0.39, 0.29) is 113 Å². The van der Waals surface area contributed by atoms with E-state index in [4.69, 9.17) is 5.73 Å². The van der Waals surface area contributed by atoms with Gasteiger partial charge in [-0.3, -0.25) is 14.6 Å². The van der Waals surface area contributed by atoms with E-state index in [0.717, 1.165) is 0 Å². The highest BCUT2D eigenvalue weighted by Gasteiger charge is 2.50. The Balaban J connectivity index is 1.47. The summed E-state index contributed by atoms with van der Waals surface area (Å²) in [6.07, 6.45) is -1.17. The van der Waals surface area contributed by atoms with Crippen LogP contribution in [0.5, 0.6) is 0 Å². The Bertz CT molecular complexity index is 1610. The maximum atomic E-state index is 16.0. The summed E-state index contributed by atoms with van der Waals surface area (Å²) in [5, 5.41) is 0. The normalized spacial score (nSPS) is 25.3. The predicted molar refractivity (Wildman–Crippen MR) is 180 cm³/mol. The molecule has 4 aliphatic rings. The summed E-state index contributed by atoms with van der Waals surface area (Å²) in [4.78, 5) is 16.7. The van der Waals surface area contributed by atoms with Crippen LogP contribution in [0, 0.1) is 5.82 Å². The molecule has 2 saturated heterocycles. The monoisotopic (exact) mass is 755 g/mol. The van der Waals surface area contributed by atoms with Gasteiger partial charge in [-0.05, 0) is 69.6 Å². The van der Waals surface area contributed by atoms with E-state index in [9.17, 15) is 39.2 Å². The van der Waals surface area contributed by atoms with E-state index in [1.165, 1.54) is 14.7 Å². The minimum atomic E-state index is -3.46. The van der Waals surface area contributed by atoms with Crippen molar-refractivity contribution in [2.24, 2.45) is 5.73 Å². The molecule has 4 fully saturated rings. The van der Waals surface area contributed by atoms with E-state index in [1.807, 2.05) is 9.80 Å². The lowest BCUT2D eigenvalue weighted by atomic mass is 9.72. The van der Waals surface area contributed by atoms with Crippen molar-refractivity contribution in [2.75, 3.05) is 63.9 Å². The number of rotatable bonds is 11. The maximum absolute atomic E-state index is 16.0. The molecule has 50 heavy (non-hydrogen) atoms. The molecule has 2 N–H and O–H groups in total. The topological polar surface area (TPSA) is 124 Å². The highest BCUT2D eigenvalue weighted by Crippen LogP contribution is 2.46. The number of nitrogens with zero attached hydrogens (tertiary/aromatic N) is 4. The standard InChI is InChI=1S/C33H50F5N5O5S2/c1-3-49(45,46)42-17-13-40(14-18-42)30(5-9-32(35,36)10-6-30)23-25-21-26(28(29(39)44)27(34)22-25)24-31(7-11-33(37,38)12-8-31)41-15-19-43(20-16-41)50(47,48)4-2/h21-22H,3-20,23-24H2,1-2H3,(H2,39,44). The van der Waals surface area contributed by atoms with Crippen LogP contribution < -0.4 is 5.73 Å². The number of carbonyl (C=O) groups is 1. The van der Waals surface area contributed by atoms with Crippen LogP contribution in [0.15, 0.2) is 12.1 Å². The highest BCUT2D eigenvalue weighted by molar-refractivity contribution is 7.89. The number of amides is 1. The van der Waals surface area contributed by atoms with Crippen LogP contribution in [-0.4, -0.2) is 128 Å². The van der Waals surface area contributed by atoms with Gasteiger partial charge in [0, 0.05) is 89.1 Å². The van der Waals surface area contributed by atoms with Gasteiger partial charge in [0.05, 0.1) is 17.1 Å². The molecule has 284 valence electrons. The average molecular weight is 756 g/mol. The van der Waals surface area contributed by atoms with E-state index >= 15 is 4.39 Å². The lowest BCUT2D eigenvalue weighted by molar-refractivity contribution is -0.0871. The van der Waals surface area contributed by atoms with Crippen LogP contribution >= 0.6 is 0 Å². The molecule has 0 atom stereocenters. The van der Waals surface area contributed by atoms with E-state index in [1.54, 1.807) is 19.9 Å². The number of piperazine rings is 2. The average Bonchev–Trinajstić information content (AvgIpc) is 3.07. The Kier molecular flexibility index (Phi) is 11.4. The second-order valence-corrected chi connectivity index (χ2v) is 19.1. The third-order valence-corrected chi connectivity index (χ3v) is 15.5. The third-order valence-electron chi connectivity index (χ3n) is 11.7. The summed E-state index contributed by atoms with van der Waals surface area (Å²) < 4.78 is 127. The summed E-state index contributed by atoms with van der Waals surface area (Å²) in [6, 6.07) is 2.85. The summed E-state index contributed by atoms with van der Waals surface area (Å²) in [5.41, 5.74) is 4.30. The first-order valence-corrected chi connectivity index (χ1v) is 20.8. The number of primary amides is 1. The summed E-state index contributed by atoms with van der Waals surface area (Å²) in [7, 11) is -6.89. The lowest BCUT2D eigenvalue weighted by Gasteiger charge is -2.51. The Morgan fingerprint density at radius 3 is 1.40 bits per heavy atom. The molecular formula is C33H50F5N5O5S2. The molecule has 0 aromatic heterocycles. The number of hydrogen-bond acceptors (Lipinski definition) is 7. The van der Waals surface area contributed by atoms with Crippen molar-refractivity contribution in [1.82, 2.24) is 18.4 Å². The largest absolute Gasteiger partial charge is 0.365 e. The summed E-state index contributed by atoms with van der Waals surface area (Å²) >= 11 is 0.